The van der Waals surface area contributed by atoms with Crippen LogP contribution in [0.3, 0.4) is 0 Å². The van der Waals surface area contributed by atoms with E-state index in [9.17, 15) is 13.2 Å². The lowest BCUT2D eigenvalue weighted by molar-refractivity contribution is -0.120. The van der Waals surface area contributed by atoms with E-state index in [2.05, 4.69) is 5.32 Å². The molecule has 2 rings (SSSR count). The van der Waals surface area contributed by atoms with Gasteiger partial charge in [-0.2, -0.15) is 0 Å². The van der Waals surface area contributed by atoms with Gasteiger partial charge in [-0.05, 0) is 31.4 Å². The van der Waals surface area contributed by atoms with Crippen molar-refractivity contribution in [1.82, 2.24) is 4.31 Å². The zero-order chi connectivity index (χ0) is 18.4. The molecule has 0 aliphatic carbocycles. The second-order valence-corrected chi connectivity index (χ2v) is 8.14. The molecule has 1 aromatic rings. The number of methoxy groups -OCH3 is 2. The summed E-state index contributed by atoms with van der Waals surface area (Å²) >= 11 is 0. The molecule has 1 amide bonds. The molecule has 8 heteroatoms. The highest BCUT2D eigenvalue weighted by atomic mass is 32.2. The summed E-state index contributed by atoms with van der Waals surface area (Å²) in [5.41, 5.74) is 0.628. The van der Waals surface area contributed by atoms with Crippen LogP contribution in [0.15, 0.2) is 18.2 Å². The highest BCUT2D eigenvalue weighted by Gasteiger charge is 2.30. The first-order chi connectivity index (χ1) is 11.9. The zero-order valence-electron chi connectivity index (χ0n) is 14.9. The quantitative estimate of drug-likeness (QED) is 0.794. The van der Waals surface area contributed by atoms with E-state index in [1.165, 1.54) is 11.4 Å². The summed E-state index contributed by atoms with van der Waals surface area (Å²) in [5.74, 6) is 1.01. The molecule has 25 heavy (non-hydrogen) atoms. The third-order valence-corrected chi connectivity index (χ3v) is 6.41. The van der Waals surface area contributed by atoms with Gasteiger partial charge in [-0.25, -0.2) is 12.7 Å². The minimum atomic E-state index is -3.19. The van der Waals surface area contributed by atoms with Gasteiger partial charge in [0.1, 0.15) is 0 Å². The van der Waals surface area contributed by atoms with Crippen molar-refractivity contribution in [3.8, 4) is 11.5 Å². The average molecular weight is 370 g/mol. The molecule has 0 radical (unpaired) electrons. The van der Waals surface area contributed by atoms with Crippen molar-refractivity contribution in [2.75, 3.05) is 38.4 Å². The fraction of sp³-hybridized carbons (Fsp3) is 0.588. The molecular weight excluding hydrogens is 344 g/mol. The summed E-state index contributed by atoms with van der Waals surface area (Å²) in [7, 11) is -0.0972. The van der Waals surface area contributed by atoms with E-state index >= 15 is 0 Å². The number of nitrogens with zero attached hydrogens (tertiary/aromatic N) is 1. The zero-order valence-corrected chi connectivity index (χ0v) is 15.8. The molecule has 7 nitrogen and oxygen atoms in total. The van der Waals surface area contributed by atoms with Gasteiger partial charge in [-0.3, -0.25) is 4.79 Å². The van der Waals surface area contributed by atoms with Gasteiger partial charge in [0.2, 0.25) is 15.9 Å². The molecule has 1 aliphatic heterocycles. The van der Waals surface area contributed by atoms with Gasteiger partial charge in [0, 0.05) is 30.8 Å². The second kappa shape index (κ2) is 8.53. The van der Waals surface area contributed by atoms with Gasteiger partial charge in [-0.1, -0.05) is 6.92 Å². The number of nitrogens with one attached hydrogen (secondary N) is 1. The summed E-state index contributed by atoms with van der Waals surface area (Å²) in [6.45, 7) is 2.64. The number of ether oxygens (including phenoxy) is 2. The number of hydrogen-bond acceptors (Lipinski definition) is 5. The lowest BCUT2D eigenvalue weighted by Gasteiger charge is -2.30. The maximum atomic E-state index is 12.5. The van der Waals surface area contributed by atoms with Crippen LogP contribution in [0.5, 0.6) is 11.5 Å². The Balaban J connectivity index is 1.95. The van der Waals surface area contributed by atoms with Crippen molar-refractivity contribution in [3.05, 3.63) is 18.2 Å². The summed E-state index contributed by atoms with van der Waals surface area (Å²) in [4.78, 5) is 12.5. The maximum absolute atomic E-state index is 12.5. The number of sulfonamides is 1. The molecule has 1 aliphatic rings. The fourth-order valence-corrected chi connectivity index (χ4v) is 4.48. The third-order valence-electron chi connectivity index (χ3n) is 4.33. The topological polar surface area (TPSA) is 84.9 Å². The molecule has 0 unspecified atom stereocenters. The number of piperidine rings is 1. The number of carbonyl (C=O) groups is 1. The molecule has 0 aromatic heterocycles. The van der Waals surface area contributed by atoms with Gasteiger partial charge in [-0.15, -0.1) is 0 Å². The lowest BCUT2D eigenvalue weighted by atomic mass is 9.97. The predicted molar refractivity (Wildman–Crippen MR) is 96.6 cm³/mol. The molecule has 0 atom stereocenters. The van der Waals surface area contributed by atoms with Crippen molar-refractivity contribution < 1.29 is 22.7 Å². The summed E-state index contributed by atoms with van der Waals surface area (Å²) in [6.07, 6.45) is 1.66. The van der Waals surface area contributed by atoms with Crippen LogP contribution in [0.2, 0.25) is 0 Å². The highest BCUT2D eigenvalue weighted by molar-refractivity contribution is 7.89. The third kappa shape index (κ3) is 4.85. The molecule has 140 valence electrons. The number of anilines is 1. The number of hydrogen-bond donors (Lipinski definition) is 1. The van der Waals surface area contributed by atoms with Crippen molar-refractivity contribution in [1.29, 1.82) is 0 Å². The molecule has 0 bridgehead atoms. The van der Waals surface area contributed by atoms with Crippen molar-refractivity contribution >= 4 is 21.6 Å². The monoisotopic (exact) mass is 370 g/mol. The van der Waals surface area contributed by atoms with Crippen LogP contribution in [-0.4, -0.2) is 51.7 Å². The van der Waals surface area contributed by atoms with Gasteiger partial charge >= 0.3 is 0 Å². The van der Waals surface area contributed by atoms with Gasteiger partial charge in [0.15, 0.2) is 11.5 Å². The minimum absolute atomic E-state index is 0.0974. The standard InChI is InChI=1S/C17H26N2O5S/c1-4-11-25(21,22)19-9-7-13(8-10-19)17(20)18-14-5-6-15(23-2)16(12-14)24-3/h5-6,12-13H,4,7-11H2,1-3H3,(H,18,20). The number of carbonyl (C=O) groups excluding carboxylic acids is 1. The summed E-state index contributed by atoms with van der Waals surface area (Å²) in [6, 6.07) is 5.19. The number of rotatable bonds is 7. The van der Waals surface area contributed by atoms with E-state index < -0.39 is 10.0 Å². The lowest BCUT2D eigenvalue weighted by Crippen LogP contribution is -2.42. The van der Waals surface area contributed by atoms with Crippen LogP contribution in [0.4, 0.5) is 5.69 Å². The summed E-state index contributed by atoms with van der Waals surface area (Å²) in [5, 5.41) is 2.87. The Morgan fingerprint density at radius 1 is 1.20 bits per heavy atom. The maximum Gasteiger partial charge on any atom is 0.227 e. The smallest absolute Gasteiger partial charge is 0.227 e. The van der Waals surface area contributed by atoms with Crippen LogP contribution in [-0.2, 0) is 14.8 Å². The predicted octanol–water partition coefficient (Wildman–Crippen LogP) is 2.09. The van der Waals surface area contributed by atoms with Crippen LogP contribution >= 0.6 is 0 Å². The molecule has 0 saturated carbocycles. The average Bonchev–Trinajstić information content (AvgIpc) is 2.61. The van der Waals surface area contributed by atoms with Gasteiger partial charge < -0.3 is 14.8 Å². The van der Waals surface area contributed by atoms with E-state index in [0.29, 0.717) is 49.5 Å². The largest absolute Gasteiger partial charge is 0.493 e. The van der Waals surface area contributed by atoms with Gasteiger partial charge in [0.25, 0.3) is 0 Å². The van der Waals surface area contributed by atoms with E-state index in [-0.39, 0.29) is 17.6 Å². The first-order valence-electron chi connectivity index (χ1n) is 8.42. The van der Waals surface area contributed by atoms with Crippen LogP contribution in [0, 0.1) is 5.92 Å². The molecule has 1 N–H and O–H groups in total. The molecular formula is C17H26N2O5S. The van der Waals surface area contributed by atoms with Crippen LogP contribution in [0.25, 0.3) is 0 Å². The Morgan fingerprint density at radius 2 is 1.84 bits per heavy atom. The number of benzene rings is 1. The Kier molecular flexibility index (Phi) is 6.66. The van der Waals surface area contributed by atoms with Crippen LogP contribution < -0.4 is 14.8 Å². The molecule has 1 aromatic carbocycles. The van der Waals surface area contributed by atoms with E-state index in [1.54, 1.807) is 25.3 Å². The number of amides is 1. The normalized spacial score (nSPS) is 16.4. The second-order valence-electron chi connectivity index (χ2n) is 6.05. The van der Waals surface area contributed by atoms with Crippen LogP contribution in [0.1, 0.15) is 26.2 Å². The van der Waals surface area contributed by atoms with Crippen molar-refractivity contribution in [3.63, 3.8) is 0 Å². The summed E-state index contributed by atoms with van der Waals surface area (Å²) < 4.78 is 36.1. The fourth-order valence-electron chi connectivity index (χ4n) is 2.94. The van der Waals surface area contributed by atoms with E-state index in [0.717, 1.165) is 0 Å². The molecule has 1 heterocycles. The Bertz CT molecular complexity index is 697. The molecule has 1 saturated heterocycles. The molecule has 0 spiro atoms. The minimum Gasteiger partial charge on any atom is -0.493 e. The highest BCUT2D eigenvalue weighted by Crippen LogP contribution is 2.30. The first-order valence-corrected chi connectivity index (χ1v) is 10.0. The van der Waals surface area contributed by atoms with Crippen molar-refractivity contribution in [2.24, 2.45) is 5.92 Å². The first kappa shape index (κ1) is 19.5. The van der Waals surface area contributed by atoms with E-state index in [1.807, 2.05) is 6.92 Å². The Morgan fingerprint density at radius 3 is 2.40 bits per heavy atom. The van der Waals surface area contributed by atoms with Crippen molar-refractivity contribution in [2.45, 2.75) is 26.2 Å². The Labute approximate surface area is 149 Å². The molecule has 1 fully saturated rings. The van der Waals surface area contributed by atoms with E-state index in [4.69, 9.17) is 9.47 Å². The Hall–Kier alpha value is -1.80. The SMILES string of the molecule is CCCS(=O)(=O)N1CCC(C(=O)Nc2ccc(OC)c(OC)c2)CC1. The van der Waals surface area contributed by atoms with Gasteiger partial charge in [0.05, 0.1) is 20.0 Å².